The van der Waals surface area contributed by atoms with E-state index in [0.29, 0.717) is 35.9 Å². The zero-order valence-corrected chi connectivity index (χ0v) is 17.6. The monoisotopic (exact) mass is 409 g/mol. The van der Waals surface area contributed by atoms with Crippen molar-refractivity contribution in [1.29, 1.82) is 0 Å². The van der Waals surface area contributed by atoms with Crippen LogP contribution in [0.5, 0.6) is 5.75 Å². The minimum atomic E-state index is -0.0234. The van der Waals surface area contributed by atoms with Crippen LogP contribution in [0, 0.1) is 6.92 Å². The molecule has 3 aromatic rings. The fourth-order valence-electron chi connectivity index (χ4n) is 3.77. The molecule has 0 aliphatic carbocycles. The summed E-state index contributed by atoms with van der Waals surface area (Å²) in [5.74, 6) is 0.486. The number of benzene rings is 2. The first-order valence-electron chi connectivity index (χ1n) is 9.84. The summed E-state index contributed by atoms with van der Waals surface area (Å²) in [6.07, 6.45) is 4.36. The van der Waals surface area contributed by atoms with Crippen LogP contribution in [0.25, 0.3) is 5.69 Å². The van der Waals surface area contributed by atoms with Gasteiger partial charge in [0.25, 0.3) is 5.91 Å². The summed E-state index contributed by atoms with van der Waals surface area (Å²) >= 11 is 6.64. The second kappa shape index (κ2) is 7.91. The van der Waals surface area contributed by atoms with Crippen molar-refractivity contribution in [2.45, 2.75) is 33.2 Å². The summed E-state index contributed by atoms with van der Waals surface area (Å²) in [5, 5.41) is 4.79. The minimum Gasteiger partial charge on any atom is -0.489 e. The molecule has 0 N–H and O–H groups in total. The number of carbonyl (C=O) groups is 1. The van der Waals surface area contributed by atoms with Crippen LogP contribution in [0.2, 0.25) is 5.02 Å². The van der Waals surface area contributed by atoms with Gasteiger partial charge in [-0.25, -0.2) is 4.68 Å². The van der Waals surface area contributed by atoms with Crippen LogP contribution >= 0.6 is 11.6 Å². The zero-order valence-electron chi connectivity index (χ0n) is 16.9. The number of likely N-dealkylation sites (N-methyl/N-ethyl adjacent to an activating group) is 1. The van der Waals surface area contributed by atoms with Crippen molar-refractivity contribution in [2.75, 3.05) is 13.2 Å². The minimum absolute atomic E-state index is 0.00885. The summed E-state index contributed by atoms with van der Waals surface area (Å²) in [6.45, 7) is 7.04. The van der Waals surface area contributed by atoms with E-state index in [-0.39, 0.29) is 11.9 Å². The summed E-state index contributed by atoms with van der Waals surface area (Å²) < 4.78 is 7.76. The molecule has 150 valence electrons. The van der Waals surface area contributed by atoms with Crippen molar-refractivity contribution < 1.29 is 9.53 Å². The van der Waals surface area contributed by atoms with E-state index in [1.54, 1.807) is 6.20 Å². The van der Waals surface area contributed by atoms with Gasteiger partial charge in [-0.1, -0.05) is 23.7 Å². The van der Waals surface area contributed by atoms with Gasteiger partial charge in [0.2, 0.25) is 0 Å². The lowest BCUT2D eigenvalue weighted by Gasteiger charge is -2.24. The van der Waals surface area contributed by atoms with Gasteiger partial charge in [-0.3, -0.25) is 4.79 Å². The molecule has 0 spiro atoms. The third-order valence-corrected chi connectivity index (χ3v) is 5.96. The Morgan fingerprint density at radius 3 is 2.69 bits per heavy atom. The Bertz CT molecular complexity index is 1030. The molecule has 0 fully saturated rings. The average Bonchev–Trinajstić information content (AvgIpc) is 3.22. The third-order valence-electron chi connectivity index (χ3n) is 5.51. The van der Waals surface area contributed by atoms with Gasteiger partial charge in [0.15, 0.2) is 5.75 Å². The van der Waals surface area contributed by atoms with E-state index < -0.39 is 0 Å². The highest BCUT2D eigenvalue weighted by atomic mass is 35.5. The highest BCUT2D eigenvalue weighted by Gasteiger charge is 2.30. The highest BCUT2D eigenvalue weighted by molar-refractivity contribution is 6.33. The van der Waals surface area contributed by atoms with Crippen LogP contribution in [-0.2, 0) is 6.42 Å². The quantitative estimate of drug-likeness (QED) is 0.629. The molecule has 6 heteroatoms. The van der Waals surface area contributed by atoms with E-state index in [1.165, 1.54) is 0 Å². The molecular weight excluding hydrogens is 386 g/mol. The number of hydrogen-bond acceptors (Lipinski definition) is 3. The van der Waals surface area contributed by atoms with Crippen molar-refractivity contribution in [2.24, 2.45) is 0 Å². The lowest BCUT2D eigenvalue weighted by atomic mass is 9.96. The number of ether oxygens (including phenoxy) is 1. The molecule has 0 radical (unpaired) electrons. The maximum absolute atomic E-state index is 13.1. The number of fused-ring (bicyclic) bond motifs is 1. The summed E-state index contributed by atoms with van der Waals surface area (Å²) in [6, 6.07) is 12.1. The van der Waals surface area contributed by atoms with E-state index in [1.807, 2.05) is 60.8 Å². The maximum Gasteiger partial charge on any atom is 0.258 e. The number of nitrogens with zero attached hydrogens (tertiary/aromatic N) is 3. The molecule has 1 aromatic heterocycles. The molecule has 4 rings (SSSR count). The molecule has 29 heavy (non-hydrogen) atoms. The van der Waals surface area contributed by atoms with Crippen molar-refractivity contribution in [3.63, 3.8) is 0 Å². The Labute approximate surface area is 175 Å². The fraction of sp³-hybridized carbons (Fsp3) is 0.304. The molecule has 0 unspecified atom stereocenters. The number of rotatable bonds is 4. The Balaban J connectivity index is 1.68. The van der Waals surface area contributed by atoms with Gasteiger partial charge in [0.1, 0.15) is 6.61 Å². The maximum atomic E-state index is 13.1. The Morgan fingerprint density at radius 2 is 2.03 bits per heavy atom. The summed E-state index contributed by atoms with van der Waals surface area (Å²) in [7, 11) is 0. The lowest BCUT2D eigenvalue weighted by molar-refractivity contribution is 0.0688. The number of carbonyl (C=O) groups excluding carboxylic acids is 1. The lowest BCUT2D eigenvalue weighted by Crippen LogP contribution is -2.39. The topological polar surface area (TPSA) is 47.4 Å². The smallest absolute Gasteiger partial charge is 0.258 e. The Hall–Kier alpha value is -2.79. The number of hydrogen-bond donors (Lipinski definition) is 0. The van der Waals surface area contributed by atoms with E-state index in [2.05, 4.69) is 17.2 Å². The van der Waals surface area contributed by atoms with Gasteiger partial charge in [-0.2, -0.15) is 5.10 Å². The van der Waals surface area contributed by atoms with Crippen LogP contribution in [0.3, 0.4) is 0 Å². The normalized spacial score (nSPS) is 16.3. The number of amides is 1. The standard InChI is InChI=1S/C23H24ClN3O2/c1-4-26-15(2)14-29-22-20(23(26)28)13-18(16(3)21(22)24)12-17-6-8-19(9-7-17)27-11-5-10-25-27/h5-11,13,15H,4,12,14H2,1-3H3/t15-/m0/s1. The molecule has 2 heterocycles. The molecule has 1 aliphatic heterocycles. The summed E-state index contributed by atoms with van der Waals surface area (Å²) in [4.78, 5) is 14.9. The molecule has 0 bridgehead atoms. The molecule has 5 nitrogen and oxygen atoms in total. The van der Waals surface area contributed by atoms with Gasteiger partial charge in [0, 0.05) is 18.9 Å². The van der Waals surface area contributed by atoms with E-state index in [4.69, 9.17) is 16.3 Å². The van der Waals surface area contributed by atoms with Gasteiger partial charge in [-0.05, 0) is 68.1 Å². The average molecular weight is 410 g/mol. The first kappa shape index (κ1) is 19.5. The van der Waals surface area contributed by atoms with Crippen molar-refractivity contribution in [3.05, 3.63) is 76.1 Å². The first-order valence-corrected chi connectivity index (χ1v) is 10.2. The van der Waals surface area contributed by atoms with Crippen molar-refractivity contribution in [1.82, 2.24) is 14.7 Å². The summed E-state index contributed by atoms with van der Waals surface area (Å²) in [5.41, 5.74) is 4.68. The van der Waals surface area contributed by atoms with Gasteiger partial charge in [0.05, 0.1) is 22.3 Å². The molecule has 0 saturated heterocycles. The van der Waals surface area contributed by atoms with E-state index >= 15 is 0 Å². The van der Waals surface area contributed by atoms with Crippen LogP contribution in [0.15, 0.2) is 48.8 Å². The second-order valence-corrected chi connectivity index (χ2v) is 7.77. The molecule has 1 amide bonds. The SMILES string of the molecule is CCN1C(=O)c2cc(Cc3ccc(-n4cccn4)cc3)c(C)c(Cl)c2OC[C@@H]1C. The zero-order chi connectivity index (χ0) is 20.5. The largest absolute Gasteiger partial charge is 0.489 e. The first-order chi connectivity index (χ1) is 14.0. The van der Waals surface area contributed by atoms with Crippen LogP contribution in [-0.4, -0.2) is 39.8 Å². The van der Waals surface area contributed by atoms with Gasteiger partial charge < -0.3 is 9.64 Å². The Morgan fingerprint density at radius 1 is 1.28 bits per heavy atom. The fourth-order valence-corrected chi connectivity index (χ4v) is 4.05. The van der Waals surface area contributed by atoms with Crippen molar-refractivity contribution in [3.8, 4) is 11.4 Å². The van der Waals surface area contributed by atoms with Crippen LogP contribution < -0.4 is 4.74 Å². The van der Waals surface area contributed by atoms with E-state index in [9.17, 15) is 4.79 Å². The molecule has 1 aliphatic rings. The second-order valence-electron chi connectivity index (χ2n) is 7.40. The van der Waals surface area contributed by atoms with Gasteiger partial charge >= 0.3 is 0 Å². The molecule has 1 atom stereocenters. The Kier molecular flexibility index (Phi) is 5.33. The predicted octanol–water partition coefficient (Wildman–Crippen LogP) is 4.67. The number of aromatic nitrogens is 2. The van der Waals surface area contributed by atoms with Crippen LogP contribution in [0.1, 0.15) is 40.9 Å². The van der Waals surface area contributed by atoms with Gasteiger partial charge in [-0.15, -0.1) is 0 Å². The van der Waals surface area contributed by atoms with E-state index in [0.717, 1.165) is 22.4 Å². The van der Waals surface area contributed by atoms with Crippen LogP contribution in [0.4, 0.5) is 0 Å². The molecule has 0 saturated carbocycles. The predicted molar refractivity (Wildman–Crippen MR) is 114 cm³/mol. The van der Waals surface area contributed by atoms with Crippen molar-refractivity contribution >= 4 is 17.5 Å². The highest BCUT2D eigenvalue weighted by Crippen LogP contribution is 2.37. The molecule has 2 aromatic carbocycles. The number of halogens is 1. The third kappa shape index (κ3) is 3.62. The molecular formula is C23H24ClN3O2.